The molecule has 0 bridgehead atoms. The number of hydrogen-bond acceptors (Lipinski definition) is 2. The van der Waals surface area contributed by atoms with Gasteiger partial charge in [0.1, 0.15) is 0 Å². The van der Waals surface area contributed by atoms with Crippen molar-refractivity contribution in [2.24, 2.45) is 0 Å². The molecule has 19 heavy (non-hydrogen) atoms. The number of carbonyl (C=O) groups excluding carboxylic acids is 1. The maximum atomic E-state index is 12.2. The van der Waals surface area contributed by atoms with Crippen molar-refractivity contribution in [3.63, 3.8) is 0 Å². The molecule has 1 aromatic carbocycles. The molecular formula is C14H7F3OS. The average Bonchev–Trinajstić information content (AvgIpc) is 2.84. The molecule has 2 rings (SSSR count). The molecule has 0 aliphatic rings. The van der Waals surface area contributed by atoms with Gasteiger partial charge in [-0.05, 0) is 24.3 Å². The highest BCUT2D eigenvalue weighted by molar-refractivity contribution is 7.14. The Morgan fingerprint density at radius 1 is 1.00 bits per heavy atom. The van der Waals surface area contributed by atoms with Gasteiger partial charge in [0.05, 0.1) is 9.75 Å². The van der Waals surface area contributed by atoms with Crippen molar-refractivity contribution in [3.05, 3.63) is 57.8 Å². The van der Waals surface area contributed by atoms with Crippen LogP contribution in [0.3, 0.4) is 0 Å². The first-order valence-electron chi connectivity index (χ1n) is 5.25. The fourth-order valence-corrected chi connectivity index (χ4v) is 2.14. The zero-order chi connectivity index (χ0) is 13.9. The molecule has 0 amide bonds. The van der Waals surface area contributed by atoms with E-state index in [1.807, 2.05) is 18.2 Å². The predicted octanol–water partition coefficient (Wildman–Crippen LogP) is 3.89. The summed E-state index contributed by atoms with van der Waals surface area (Å²) >= 11 is 0.744. The van der Waals surface area contributed by atoms with E-state index in [0.717, 1.165) is 23.0 Å². The number of carbonyl (C=O) groups is 1. The quantitative estimate of drug-likeness (QED) is 0.572. The van der Waals surface area contributed by atoms with E-state index in [1.54, 1.807) is 12.1 Å². The second kappa shape index (κ2) is 5.29. The molecule has 0 saturated carbocycles. The monoisotopic (exact) mass is 280 g/mol. The van der Waals surface area contributed by atoms with Crippen LogP contribution >= 0.6 is 11.3 Å². The van der Waals surface area contributed by atoms with Crippen LogP contribution in [0.25, 0.3) is 0 Å². The molecular weight excluding hydrogens is 273 g/mol. The number of ketones is 1. The topological polar surface area (TPSA) is 17.1 Å². The van der Waals surface area contributed by atoms with Crippen LogP contribution in [0.4, 0.5) is 13.2 Å². The second-order valence-electron chi connectivity index (χ2n) is 3.61. The number of hydrogen-bond donors (Lipinski definition) is 0. The zero-order valence-electron chi connectivity index (χ0n) is 9.49. The van der Waals surface area contributed by atoms with E-state index in [2.05, 4.69) is 11.8 Å². The lowest BCUT2D eigenvalue weighted by atomic mass is 10.2. The summed E-state index contributed by atoms with van der Waals surface area (Å²) in [6.45, 7) is 0. The molecule has 0 atom stereocenters. The van der Waals surface area contributed by atoms with E-state index >= 15 is 0 Å². The van der Waals surface area contributed by atoms with E-state index in [4.69, 9.17) is 0 Å². The molecule has 1 heterocycles. The molecule has 0 unspecified atom stereocenters. The van der Waals surface area contributed by atoms with Crippen LogP contribution in [-0.4, -0.2) is 12.0 Å². The second-order valence-corrected chi connectivity index (χ2v) is 4.69. The zero-order valence-corrected chi connectivity index (χ0v) is 10.3. The van der Waals surface area contributed by atoms with Crippen molar-refractivity contribution in [2.75, 3.05) is 0 Å². The van der Waals surface area contributed by atoms with Gasteiger partial charge in [-0.25, -0.2) is 0 Å². The van der Waals surface area contributed by atoms with Crippen LogP contribution in [0.1, 0.15) is 20.1 Å². The summed E-state index contributed by atoms with van der Waals surface area (Å²) in [7, 11) is 0. The van der Waals surface area contributed by atoms with Gasteiger partial charge >= 0.3 is 6.18 Å². The Morgan fingerprint density at radius 2 is 1.68 bits per heavy atom. The first-order chi connectivity index (χ1) is 8.97. The van der Waals surface area contributed by atoms with E-state index < -0.39 is 12.0 Å². The highest BCUT2D eigenvalue weighted by atomic mass is 32.1. The molecule has 0 aliphatic carbocycles. The highest BCUT2D eigenvalue weighted by Gasteiger charge is 2.40. The van der Waals surface area contributed by atoms with Crippen LogP contribution in [0, 0.1) is 11.8 Å². The Bertz CT molecular complexity index is 645. The van der Waals surface area contributed by atoms with Crippen LogP contribution in [0.5, 0.6) is 0 Å². The average molecular weight is 280 g/mol. The minimum absolute atomic E-state index is 0.343. The minimum atomic E-state index is -4.84. The number of rotatable bonds is 1. The number of thiophene rings is 1. The predicted molar refractivity (Wildman–Crippen MR) is 67.1 cm³/mol. The Hall–Kier alpha value is -2.06. The Balaban J connectivity index is 2.20. The van der Waals surface area contributed by atoms with Gasteiger partial charge in [0, 0.05) is 5.56 Å². The third-order valence-corrected chi connectivity index (χ3v) is 3.19. The third-order valence-electron chi connectivity index (χ3n) is 2.19. The fourth-order valence-electron chi connectivity index (χ4n) is 1.32. The molecule has 1 aromatic heterocycles. The summed E-state index contributed by atoms with van der Waals surface area (Å²) in [6.07, 6.45) is -4.84. The molecule has 2 aromatic rings. The number of benzene rings is 1. The Morgan fingerprint density at radius 3 is 2.32 bits per heavy atom. The van der Waals surface area contributed by atoms with Crippen molar-refractivity contribution < 1.29 is 18.0 Å². The van der Waals surface area contributed by atoms with Crippen molar-refractivity contribution in [1.82, 2.24) is 0 Å². The SMILES string of the molecule is O=C(c1ccc(C#Cc2ccccc2)s1)C(F)(F)F. The normalized spacial score (nSPS) is 10.7. The van der Waals surface area contributed by atoms with Gasteiger partial charge in [-0.15, -0.1) is 11.3 Å². The Kier molecular flexibility index (Phi) is 3.72. The third kappa shape index (κ3) is 3.46. The molecule has 0 aliphatic heterocycles. The summed E-state index contributed by atoms with van der Waals surface area (Å²) < 4.78 is 36.6. The van der Waals surface area contributed by atoms with Gasteiger partial charge in [-0.3, -0.25) is 4.79 Å². The van der Waals surface area contributed by atoms with E-state index in [0.29, 0.717) is 4.88 Å². The minimum Gasteiger partial charge on any atom is -0.283 e. The molecule has 0 saturated heterocycles. The smallest absolute Gasteiger partial charge is 0.283 e. The lowest BCUT2D eigenvalue weighted by Crippen LogP contribution is -2.21. The van der Waals surface area contributed by atoms with Gasteiger partial charge in [0.2, 0.25) is 0 Å². The maximum absolute atomic E-state index is 12.2. The largest absolute Gasteiger partial charge is 0.455 e. The van der Waals surface area contributed by atoms with Gasteiger partial charge in [-0.2, -0.15) is 13.2 Å². The van der Waals surface area contributed by atoms with Crippen LogP contribution in [-0.2, 0) is 0 Å². The van der Waals surface area contributed by atoms with Crippen molar-refractivity contribution in [2.45, 2.75) is 6.18 Å². The molecule has 5 heteroatoms. The van der Waals surface area contributed by atoms with Crippen molar-refractivity contribution in [3.8, 4) is 11.8 Å². The first kappa shape index (κ1) is 13.4. The van der Waals surface area contributed by atoms with Gasteiger partial charge in [-0.1, -0.05) is 30.0 Å². The van der Waals surface area contributed by atoms with Crippen LogP contribution < -0.4 is 0 Å². The van der Waals surface area contributed by atoms with E-state index in [1.165, 1.54) is 6.07 Å². The van der Waals surface area contributed by atoms with Gasteiger partial charge in [0.25, 0.3) is 5.78 Å². The first-order valence-corrected chi connectivity index (χ1v) is 6.07. The van der Waals surface area contributed by atoms with E-state index in [9.17, 15) is 18.0 Å². The molecule has 0 spiro atoms. The summed E-state index contributed by atoms with van der Waals surface area (Å²) in [4.78, 5) is 11.1. The summed E-state index contributed by atoms with van der Waals surface area (Å²) in [6, 6.07) is 11.6. The highest BCUT2D eigenvalue weighted by Crippen LogP contribution is 2.26. The summed E-state index contributed by atoms with van der Waals surface area (Å²) in [5, 5.41) is 0. The summed E-state index contributed by atoms with van der Waals surface area (Å²) in [5.41, 5.74) is 0.764. The lowest BCUT2D eigenvalue weighted by molar-refractivity contribution is -0.0882. The fraction of sp³-hybridized carbons (Fsp3) is 0.0714. The van der Waals surface area contributed by atoms with Crippen molar-refractivity contribution >= 4 is 17.1 Å². The van der Waals surface area contributed by atoms with Crippen molar-refractivity contribution in [1.29, 1.82) is 0 Å². The summed E-state index contributed by atoms with van der Waals surface area (Å²) in [5.74, 6) is 3.73. The molecule has 1 nitrogen and oxygen atoms in total. The molecule has 0 radical (unpaired) electrons. The van der Waals surface area contributed by atoms with Crippen LogP contribution in [0.15, 0.2) is 42.5 Å². The van der Waals surface area contributed by atoms with E-state index in [-0.39, 0.29) is 4.88 Å². The number of alkyl halides is 3. The standard InChI is InChI=1S/C14H7F3OS/c15-14(16,17)13(18)12-9-8-11(19-12)7-6-10-4-2-1-3-5-10/h1-5,8-9H. The lowest BCUT2D eigenvalue weighted by Gasteiger charge is -2.00. The van der Waals surface area contributed by atoms with Crippen LogP contribution in [0.2, 0.25) is 0 Å². The number of halogens is 3. The van der Waals surface area contributed by atoms with Gasteiger partial charge < -0.3 is 0 Å². The molecule has 96 valence electrons. The molecule has 0 N–H and O–H groups in total. The van der Waals surface area contributed by atoms with Gasteiger partial charge in [0.15, 0.2) is 0 Å². The molecule has 0 fully saturated rings. The number of Topliss-reactive ketones (excluding diaryl/α,β-unsaturated/α-hetero) is 1. The Labute approximate surface area is 111 Å². The maximum Gasteiger partial charge on any atom is 0.455 e.